The molecular formula is C9H7OS+. The lowest BCUT2D eigenvalue weighted by Crippen LogP contribution is -1.68. The smallest absolute Gasteiger partial charge is 0.237 e. The van der Waals surface area contributed by atoms with Gasteiger partial charge in [0.1, 0.15) is 0 Å². The highest BCUT2D eigenvalue weighted by Crippen LogP contribution is 2.25. The van der Waals surface area contributed by atoms with Crippen molar-refractivity contribution < 1.29 is 5.11 Å². The van der Waals surface area contributed by atoms with E-state index in [0.717, 1.165) is 10.8 Å². The molecule has 0 amide bonds. The molecular weight excluding hydrogens is 156 g/mol. The van der Waals surface area contributed by atoms with Gasteiger partial charge < -0.3 is 5.11 Å². The first-order valence-electron chi connectivity index (χ1n) is 3.35. The zero-order valence-corrected chi connectivity index (χ0v) is 6.64. The lowest BCUT2D eigenvalue weighted by Gasteiger charge is -1.91. The molecule has 1 aromatic carbocycles. The summed E-state index contributed by atoms with van der Waals surface area (Å²) >= 11 is 1.51. The molecule has 1 nitrogen and oxygen atoms in total. The molecule has 11 heavy (non-hydrogen) atoms. The largest absolute Gasteiger partial charge is 0.503 e. The van der Waals surface area contributed by atoms with E-state index in [4.69, 9.17) is 0 Å². The Kier molecular flexibility index (Phi) is 1.47. The van der Waals surface area contributed by atoms with Gasteiger partial charge in [0.25, 0.3) is 0 Å². The van der Waals surface area contributed by atoms with Crippen LogP contribution in [0.25, 0.3) is 10.8 Å². The number of hydrogen-bond acceptors (Lipinski definition) is 1. The summed E-state index contributed by atoms with van der Waals surface area (Å²) in [6, 6.07) is 7.80. The van der Waals surface area contributed by atoms with Gasteiger partial charge in [-0.1, -0.05) is 18.2 Å². The summed E-state index contributed by atoms with van der Waals surface area (Å²) in [4.78, 5) is 0. The predicted octanol–water partition coefficient (Wildman–Crippen LogP) is 2.89. The third kappa shape index (κ3) is 1.05. The van der Waals surface area contributed by atoms with Gasteiger partial charge in [0.05, 0.1) is 0 Å². The van der Waals surface area contributed by atoms with Crippen LogP contribution < -0.4 is 0 Å². The normalized spacial score (nSPS) is 10.2. The van der Waals surface area contributed by atoms with Crippen molar-refractivity contribution in [2.75, 3.05) is 0 Å². The molecule has 0 bridgehead atoms. The summed E-state index contributed by atoms with van der Waals surface area (Å²) in [5.74, 6) is 0.369. The monoisotopic (exact) mass is 163 g/mol. The molecule has 0 aliphatic heterocycles. The van der Waals surface area contributed by atoms with Crippen LogP contribution in [0, 0.1) is 0 Å². The summed E-state index contributed by atoms with van der Waals surface area (Å²) in [5.41, 5.74) is 0. The molecule has 2 heteroatoms. The summed E-state index contributed by atoms with van der Waals surface area (Å²) < 4.78 is 0. The van der Waals surface area contributed by atoms with Gasteiger partial charge >= 0.3 is 0 Å². The maximum Gasteiger partial charge on any atom is 0.237 e. The molecule has 0 aliphatic rings. The Morgan fingerprint density at radius 1 is 1.09 bits per heavy atom. The number of fused-ring (bicyclic) bond motifs is 1. The average Bonchev–Trinajstić information content (AvgIpc) is 2.06. The molecule has 0 fully saturated rings. The molecule has 0 saturated heterocycles. The molecule has 0 aliphatic carbocycles. The van der Waals surface area contributed by atoms with Gasteiger partial charge in [0.15, 0.2) is 5.75 Å². The lowest BCUT2D eigenvalue weighted by atomic mass is 10.2. The second-order valence-corrected chi connectivity index (χ2v) is 3.09. The van der Waals surface area contributed by atoms with Crippen LogP contribution in [0.3, 0.4) is 0 Å². The molecule has 0 spiro atoms. The fraction of sp³-hybridized carbons (Fsp3) is 0. The average molecular weight is 163 g/mol. The van der Waals surface area contributed by atoms with Gasteiger partial charge in [-0.05, 0) is 6.07 Å². The van der Waals surface area contributed by atoms with Crippen molar-refractivity contribution in [3.8, 4) is 5.75 Å². The third-order valence-electron chi connectivity index (χ3n) is 1.61. The number of benzene rings is 1. The SMILES string of the molecule is Oc1c[s+]cc2ccccc12. The zero-order valence-electron chi connectivity index (χ0n) is 5.82. The van der Waals surface area contributed by atoms with Crippen molar-refractivity contribution in [3.05, 3.63) is 35.0 Å². The van der Waals surface area contributed by atoms with Crippen LogP contribution in [0.2, 0.25) is 0 Å². The Morgan fingerprint density at radius 3 is 2.73 bits per heavy atom. The van der Waals surface area contributed by atoms with Crippen molar-refractivity contribution in [2.24, 2.45) is 0 Å². The van der Waals surface area contributed by atoms with Gasteiger partial charge in [-0.2, -0.15) is 0 Å². The highest BCUT2D eigenvalue weighted by molar-refractivity contribution is 7.08. The van der Waals surface area contributed by atoms with E-state index in [-0.39, 0.29) is 0 Å². The highest BCUT2D eigenvalue weighted by Gasteiger charge is 2.02. The topological polar surface area (TPSA) is 20.2 Å². The molecule has 1 N–H and O–H groups in total. The quantitative estimate of drug-likeness (QED) is 0.592. The molecule has 0 saturated carbocycles. The molecule has 1 aromatic heterocycles. The summed E-state index contributed by atoms with van der Waals surface area (Å²) in [6.45, 7) is 0. The molecule has 0 radical (unpaired) electrons. The minimum Gasteiger partial charge on any atom is -0.503 e. The molecule has 0 atom stereocenters. The van der Waals surface area contributed by atoms with E-state index in [0.29, 0.717) is 5.75 Å². The molecule has 54 valence electrons. The number of rotatable bonds is 0. The second-order valence-electron chi connectivity index (χ2n) is 2.34. The van der Waals surface area contributed by atoms with Gasteiger partial charge in [0.2, 0.25) is 22.1 Å². The van der Waals surface area contributed by atoms with Gasteiger partial charge in [-0.15, -0.1) is 0 Å². The Labute approximate surface area is 68.6 Å². The minimum absolute atomic E-state index is 0.369. The maximum absolute atomic E-state index is 9.38. The zero-order chi connectivity index (χ0) is 7.68. The standard InChI is InChI=1S/C9H6OS/c10-9-6-11-5-7-3-1-2-4-8(7)9/h1-6H/p+1. The van der Waals surface area contributed by atoms with Crippen LogP contribution in [0.15, 0.2) is 35.0 Å². The van der Waals surface area contributed by atoms with Crippen molar-refractivity contribution >= 4 is 22.1 Å². The first-order chi connectivity index (χ1) is 5.38. The van der Waals surface area contributed by atoms with E-state index < -0.39 is 0 Å². The van der Waals surface area contributed by atoms with E-state index >= 15 is 0 Å². The molecule has 0 unspecified atom stereocenters. The van der Waals surface area contributed by atoms with E-state index in [1.54, 1.807) is 5.38 Å². The van der Waals surface area contributed by atoms with Gasteiger partial charge in [-0.3, -0.25) is 0 Å². The molecule has 2 rings (SSSR count). The van der Waals surface area contributed by atoms with Crippen LogP contribution in [0.4, 0.5) is 0 Å². The van der Waals surface area contributed by atoms with Crippen molar-refractivity contribution in [1.82, 2.24) is 0 Å². The fourth-order valence-corrected chi connectivity index (χ4v) is 1.74. The van der Waals surface area contributed by atoms with Gasteiger partial charge in [-0.25, -0.2) is 0 Å². The Balaban J connectivity index is 2.91. The maximum atomic E-state index is 9.38. The van der Waals surface area contributed by atoms with Crippen LogP contribution >= 0.6 is 11.3 Å². The summed E-state index contributed by atoms with van der Waals surface area (Å²) in [7, 11) is 0. The Hall–Kier alpha value is -1.15. The van der Waals surface area contributed by atoms with Crippen LogP contribution in [0.5, 0.6) is 5.75 Å². The minimum atomic E-state index is 0.369. The van der Waals surface area contributed by atoms with E-state index in [1.165, 1.54) is 11.3 Å². The van der Waals surface area contributed by atoms with E-state index in [1.807, 2.05) is 29.6 Å². The summed E-state index contributed by atoms with van der Waals surface area (Å²) in [6.07, 6.45) is 0. The van der Waals surface area contributed by atoms with Crippen molar-refractivity contribution in [1.29, 1.82) is 0 Å². The van der Waals surface area contributed by atoms with Crippen LogP contribution in [-0.2, 0) is 0 Å². The van der Waals surface area contributed by atoms with Crippen LogP contribution in [-0.4, -0.2) is 5.11 Å². The fourth-order valence-electron chi connectivity index (χ4n) is 1.07. The van der Waals surface area contributed by atoms with Crippen molar-refractivity contribution in [2.45, 2.75) is 0 Å². The Bertz CT molecular complexity index is 379. The van der Waals surface area contributed by atoms with Crippen LogP contribution in [0.1, 0.15) is 0 Å². The van der Waals surface area contributed by atoms with Crippen molar-refractivity contribution in [3.63, 3.8) is 0 Å². The second kappa shape index (κ2) is 2.47. The lowest BCUT2D eigenvalue weighted by molar-refractivity contribution is 0.483. The first-order valence-corrected chi connectivity index (χ1v) is 4.29. The van der Waals surface area contributed by atoms with Gasteiger partial charge in [0, 0.05) is 10.8 Å². The summed E-state index contributed by atoms with van der Waals surface area (Å²) in [5, 5.41) is 15.2. The third-order valence-corrected chi connectivity index (χ3v) is 2.36. The van der Waals surface area contributed by atoms with E-state index in [2.05, 4.69) is 0 Å². The number of hydrogen-bond donors (Lipinski definition) is 1. The first kappa shape index (κ1) is 6.55. The number of aromatic hydroxyl groups is 1. The van der Waals surface area contributed by atoms with E-state index in [9.17, 15) is 5.11 Å². The molecule has 1 heterocycles. The predicted molar refractivity (Wildman–Crippen MR) is 47.9 cm³/mol. The Morgan fingerprint density at radius 2 is 1.91 bits per heavy atom. The molecule has 2 aromatic rings. The highest BCUT2D eigenvalue weighted by atomic mass is 32.1.